The van der Waals surface area contributed by atoms with Gasteiger partial charge in [0.1, 0.15) is 10.5 Å². The van der Waals surface area contributed by atoms with Crippen molar-refractivity contribution < 1.29 is 19.1 Å². The van der Waals surface area contributed by atoms with Gasteiger partial charge < -0.3 is 25.4 Å². The first kappa shape index (κ1) is 19.2. The van der Waals surface area contributed by atoms with E-state index in [2.05, 4.69) is 20.7 Å². The summed E-state index contributed by atoms with van der Waals surface area (Å²) in [5, 5.41) is 10.6. The second-order valence-corrected chi connectivity index (χ2v) is 6.79. The Morgan fingerprint density at radius 3 is 2.52 bits per heavy atom. The molecule has 0 aliphatic rings. The van der Waals surface area contributed by atoms with Crippen molar-refractivity contribution in [3.8, 4) is 0 Å². The number of methoxy groups -OCH3 is 1. The number of hydrogen-bond donors (Lipinski definition) is 3. The van der Waals surface area contributed by atoms with E-state index in [1.54, 1.807) is 32.2 Å². The zero-order valence-corrected chi connectivity index (χ0v) is 15.2. The number of esters is 1. The van der Waals surface area contributed by atoms with Crippen LogP contribution >= 0.6 is 23.6 Å². The van der Waals surface area contributed by atoms with Crippen molar-refractivity contribution in [1.29, 1.82) is 0 Å². The molecule has 3 N–H and O–H groups in total. The van der Waals surface area contributed by atoms with Crippen molar-refractivity contribution in [2.75, 3.05) is 25.5 Å². The summed E-state index contributed by atoms with van der Waals surface area (Å²) in [6.07, 6.45) is -0.482. The summed E-state index contributed by atoms with van der Waals surface area (Å²) in [4.78, 5) is 23.4. The van der Waals surface area contributed by atoms with Crippen molar-refractivity contribution in [3.63, 3.8) is 0 Å². The third kappa shape index (κ3) is 7.29. The number of carbonyl (C=O) groups is 2. The molecule has 0 saturated carbocycles. The molecule has 0 saturated heterocycles. The lowest BCUT2D eigenvalue weighted by Gasteiger charge is -2.19. The van der Waals surface area contributed by atoms with Crippen molar-refractivity contribution in [1.82, 2.24) is 10.6 Å². The molecule has 0 spiro atoms. The van der Waals surface area contributed by atoms with Crippen molar-refractivity contribution in [3.05, 3.63) is 16.3 Å². The predicted molar refractivity (Wildman–Crippen MR) is 94.1 cm³/mol. The monoisotopic (exact) mass is 359 g/mol. The molecule has 1 aromatic rings. The van der Waals surface area contributed by atoms with Crippen LogP contribution in [0.1, 0.15) is 30.4 Å². The highest BCUT2D eigenvalue weighted by Gasteiger charge is 2.16. The maximum Gasteiger partial charge on any atom is 0.407 e. The molecule has 128 valence electrons. The van der Waals surface area contributed by atoms with Crippen LogP contribution in [0.5, 0.6) is 0 Å². The van der Waals surface area contributed by atoms with Crippen LogP contribution in [0.3, 0.4) is 0 Å². The first-order valence-electron chi connectivity index (χ1n) is 6.90. The molecule has 9 heteroatoms. The zero-order chi connectivity index (χ0) is 17.5. The Morgan fingerprint density at radius 1 is 1.26 bits per heavy atom. The van der Waals surface area contributed by atoms with Gasteiger partial charge in [-0.05, 0) is 44.4 Å². The quantitative estimate of drug-likeness (QED) is 0.422. The SMILES string of the molecule is COC(=O)c1sccc1NC(=S)NCCNC(=O)OC(C)(C)C. The number of alkyl carbamates (subject to hydrolysis) is 1. The number of carbonyl (C=O) groups excluding carboxylic acids is 2. The van der Waals surface area contributed by atoms with E-state index in [4.69, 9.17) is 17.0 Å². The van der Waals surface area contributed by atoms with Crippen molar-refractivity contribution >= 4 is 46.4 Å². The van der Waals surface area contributed by atoms with Crippen molar-refractivity contribution in [2.24, 2.45) is 0 Å². The van der Waals surface area contributed by atoms with Gasteiger partial charge in [-0.15, -0.1) is 11.3 Å². The van der Waals surface area contributed by atoms with Crippen LogP contribution in [0.25, 0.3) is 0 Å². The number of hydrogen-bond acceptors (Lipinski definition) is 6. The fourth-order valence-electron chi connectivity index (χ4n) is 1.48. The van der Waals surface area contributed by atoms with Gasteiger partial charge in [-0.1, -0.05) is 0 Å². The van der Waals surface area contributed by atoms with E-state index in [1.807, 2.05) is 0 Å². The summed E-state index contributed by atoms with van der Waals surface area (Å²) < 4.78 is 9.80. The Kier molecular flexibility index (Phi) is 7.24. The molecule has 7 nitrogen and oxygen atoms in total. The van der Waals surface area contributed by atoms with Gasteiger partial charge in [-0.25, -0.2) is 9.59 Å². The molecule has 0 radical (unpaired) electrons. The Labute approximate surface area is 144 Å². The number of anilines is 1. The Morgan fingerprint density at radius 2 is 1.91 bits per heavy atom. The third-order valence-electron chi connectivity index (χ3n) is 2.36. The fraction of sp³-hybridized carbons (Fsp3) is 0.500. The van der Waals surface area contributed by atoms with E-state index in [1.165, 1.54) is 18.4 Å². The minimum absolute atomic E-state index is 0.347. The fourth-order valence-corrected chi connectivity index (χ4v) is 2.46. The van der Waals surface area contributed by atoms with Gasteiger partial charge in [0, 0.05) is 13.1 Å². The number of thiophene rings is 1. The van der Waals surface area contributed by atoms with E-state index >= 15 is 0 Å². The summed E-state index contributed by atoms with van der Waals surface area (Å²) >= 11 is 6.40. The molecule has 23 heavy (non-hydrogen) atoms. The lowest BCUT2D eigenvalue weighted by molar-refractivity contribution is 0.0527. The molecule has 0 fully saturated rings. The topological polar surface area (TPSA) is 88.7 Å². The molecule has 1 amide bonds. The molecule has 0 aromatic carbocycles. The second kappa shape index (κ2) is 8.68. The molecule has 0 bridgehead atoms. The van der Waals surface area contributed by atoms with Crippen molar-refractivity contribution in [2.45, 2.75) is 26.4 Å². The van der Waals surface area contributed by atoms with Gasteiger partial charge >= 0.3 is 12.1 Å². The lowest BCUT2D eigenvalue weighted by Crippen LogP contribution is -2.39. The van der Waals surface area contributed by atoms with E-state index < -0.39 is 17.7 Å². The molecular weight excluding hydrogens is 338 g/mol. The van der Waals surface area contributed by atoms with Gasteiger partial charge in [-0.2, -0.15) is 0 Å². The van der Waals surface area contributed by atoms with E-state index in [9.17, 15) is 9.59 Å². The Balaban J connectivity index is 2.32. The van der Waals surface area contributed by atoms with Gasteiger partial charge in [0.05, 0.1) is 12.8 Å². The summed E-state index contributed by atoms with van der Waals surface area (Å²) in [6, 6.07) is 1.74. The minimum Gasteiger partial charge on any atom is -0.465 e. The molecule has 1 rings (SSSR count). The van der Waals surface area contributed by atoms with Crippen LogP contribution in [0, 0.1) is 0 Å². The first-order chi connectivity index (χ1) is 10.7. The van der Waals surface area contributed by atoms with E-state index in [0.717, 1.165) is 0 Å². The normalized spacial score (nSPS) is 10.6. The maximum absolute atomic E-state index is 11.5. The van der Waals surface area contributed by atoms with Crippen LogP contribution in [0.4, 0.5) is 10.5 Å². The van der Waals surface area contributed by atoms with Crippen LogP contribution in [0.15, 0.2) is 11.4 Å². The Bertz CT molecular complexity index is 567. The summed E-state index contributed by atoms with van der Waals surface area (Å²) in [6.45, 7) is 6.16. The highest BCUT2D eigenvalue weighted by atomic mass is 32.1. The Hall–Kier alpha value is -1.87. The number of nitrogens with one attached hydrogen (secondary N) is 3. The summed E-state index contributed by atoms with van der Waals surface area (Å²) in [5.74, 6) is -0.420. The van der Waals surface area contributed by atoms with Crippen LogP contribution in [-0.4, -0.2) is 43.0 Å². The molecule has 0 aliphatic carbocycles. The third-order valence-corrected chi connectivity index (χ3v) is 3.50. The number of ether oxygens (including phenoxy) is 2. The van der Waals surface area contributed by atoms with Gasteiger partial charge in [0.15, 0.2) is 5.11 Å². The van der Waals surface area contributed by atoms with Gasteiger partial charge in [0.25, 0.3) is 0 Å². The predicted octanol–water partition coefficient (Wildman–Crippen LogP) is 2.35. The molecule has 0 aliphatic heterocycles. The minimum atomic E-state index is -0.530. The molecule has 1 heterocycles. The lowest BCUT2D eigenvalue weighted by atomic mass is 10.2. The maximum atomic E-state index is 11.5. The zero-order valence-electron chi connectivity index (χ0n) is 13.5. The molecular formula is C14H21N3O4S2. The highest BCUT2D eigenvalue weighted by molar-refractivity contribution is 7.80. The van der Waals surface area contributed by atoms with Crippen LogP contribution in [-0.2, 0) is 9.47 Å². The average Bonchev–Trinajstić information content (AvgIpc) is 2.89. The molecule has 0 atom stereocenters. The largest absolute Gasteiger partial charge is 0.465 e. The summed E-state index contributed by atoms with van der Waals surface area (Å²) in [7, 11) is 1.32. The van der Waals surface area contributed by atoms with Gasteiger partial charge in [-0.3, -0.25) is 0 Å². The second-order valence-electron chi connectivity index (χ2n) is 5.46. The summed E-state index contributed by atoms with van der Waals surface area (Å²) in [5.41, 5.74) is 0.0527. The van der Waals surface area contributed by atoms with E-state index in [0.29, 0.717) is 28.8 Å². The van der Waals surface area contributed by atoms with Crippen LogP contribution in [0.2, 0.25) is 0 Å². The smallest absolute Gasteiger partial charge is 0.407 e. The van der Waals surface area contributed by atoms with E-state index in [-0.39, 0.29) is 0 Å². The number of amides is 1. The standard InChI is InChI=1S/C14H21N3O4S2/c1-14(2,3)21-13(19)16-7-6-15-12(22)17-9-5-8-23-10(9)11(18)20-4/h5,8H,6-7H2,1-4H3,(H,16,19)(H2,15,17,22). The number of rotatable bonds is 5. The molecule has 1 aromatic heterocycles. The van der Waals surface area contributed by atoms with Gasteiger partial charge in [0.2, 0.25) is 0 Å². The molecule has 0 unspecified atom stereocenters. The van der Waals surface area contributed by atoms with Crippen LogP contribution < -0.4 is 16.0 Å². The average molecular weight is 359 g/mol. The number of thiocarbonyl (C=S) groups is 1. The highest BCUT2D eigenvalue weighted by Crippen LogP contribution is 2.22. The first-order valence-corrected chi connectivity index (χ1v) is 8.19.